The molecule has 1 rings (SSSR count). The monoisotopic (exact) mass is 370 g/mol. The Morgan fingerprint density at radius 3 is 1.73 bits per heavy atom. The Morgan fingerprint density at radius 1 is 1.13 bits per heavy atom. The molecule has 0 saturated carbocycles. The van der Waals surface area contributed by atoms with Crippen molar-refractivity contribution >= 4 is 36.8 Å². The van der Waals surface area contributed by atoms with Crippen molar-refractivity contribution in [2.45, 2.75) is 6.18 Å². The van der Waals surface area contributed by atoms with E-state index in [0.717, 1.165) is 12.1 Å². The molecule has 0 radical (unpaired) electrons. The van der Waals surface area contributed by atoms with E-state index in [1.165, 1.54) is 16.3 Å². The molecule has 0 atom stereocenters. The van der Waals surface area contributed by atoms with Gasteiger partial charge in [-0.15, -0.1) is 0 Å². The maximum absolute atomic E-state index is 12.1. The normalized spacial score (nSPS) is 10.7. The Labute approximate surface area is 112 Å². The molecule has 0 aliphatic carbocycles. The Balaban J connectivity index is 0.000000921. The van der Waals surface area contributed by atoms with Crippen molar-refractivity contribution in [1.82, 2.24) is 0 Å². The molecule has 1 aromatic carbocycles. The summed E-state index contributed by atoms with van der Waals surface area (Å²) < 4.78 is 36.4. The van der Waals surface area contributed by atoms with Gasteiger partial charge in [0, 0.05) is 5.56 Å². The summed E-state index contributed by atoms with van der Waals surface area (Å²) >= 11 is 15.2. The number of hydrogen-bond acceptors (Lipinski definition) is 0. The second kappa shape index (κ2) is 6.34. The second-order valence-electron chi connectivity index (χ2n) is 2.42. The van der Waals surface area contributed by atoms with Gasteiger partial charge in [-0.2, -0.15) is 48.9 Å². The molecule has 0 aliphatic rings. The van der Waals surface area contributed by atoms with Gasteiger partial charge >= 0.3 is 36.1 Å². The Kier molecular flexibility index (Phi) is 6.57. The quantitative estimate of drug-likeness (QED) is 0.442. The summed E-state index contributed by atoms with van der Waals surface area (Å²) in [7, 11) is 0. The van der Waals surface area contributed by atoms with Gasteiger partial charge < -0.3 is 0 Å². The van der Waals surface area contributed by atoms with E-state index < -0.39 is 11.7 Å². The van der Waals surface area contributed by atoms with Crippen LogP contribution in [-0.2, 0) is 22.5 Å². The third kappa shape index (κ3) is 4.52. The summed E-state index contributed by atoms with van der Waals surface area (Å²) in [4.78, 5) is 0. The van der Waals surface area contributed by atoms with Gasteiger partial charge in [-0.1, -0.05) is 22.2 Å². The first-order chi connectivity index (χ1) is 6.82. The van der Waals surface area contributed by atoms with E-state index in [1.54, 1.807) is 0 Å². The second-order valence-corrected chi connectivity index (χ2v) is 3.23. The number of rotatable bonds is 0. The predicted octanol–water partition coefficient (Wildman–Crippen LogP) is 5.04. The predicted molar refractivity (Wildman–Crippen MR) is 54.9 cm³/mol. The van der Waals surface area contributed by atoms with Gasteiger partial charge in [0.25, 0.3) is 0 Å². The number of alkyl halides is 3. The van der Waals surface area contributed by atoms with Crippen molar-refractivity contribution < 1.29 is 29.5 Å². The molecule has 80 valence electrons. The van der Waals surface area contributed by atoms with Crippen LogP contribution in [0.5, 0.6) is 0 Å². The standard InChI is InChI=1S/C8H4Cl2F3.BrH.Zn/c1-4-6(9)2-5(3-7(4)10)8(11,12)13;;/h2-3H,1H2;1H;/q-1;;+2/p-1. The van der Waals surface area contributed by atoms with Gasteiger partial charge in [0.2, 0.25) is 0 Å². The molecule has 0 nitrogen and oxygen atoms in total. The molecule has 0 bridgehead atoms. The van der Waals surface area contributed by atoms with Crippen LogP contribution in [0, 0.1) is 6.92 Å². The molecule has 0 heterocycles. The summed E-state index contributed by atoms with van der Waals surface area (Å²) in [6.45, 7) is 3.41. The molecule has 0 unspecified atom stereocenters. The molecule has 1 aromatic rings. The van der Waals surface area contributed by atoms with Gasteiger partial charge in [-0.05, 0) is 0 Å². The fourth-order valence-electron chi connectivity index (χ4n) is 0.767. The van der Waals surface area contributed by atoms with Crippen LogP contribution in [-0.4, -0.2) is 0 Å². The van der Waals surface area contributed by atoms with Crippen LogP contribution in [0.15, 0.2) is 12.1 Å². The summed E-state index contributed by atoms with van der Waals surface area (Å²) in [5, 5.41) is -0.167. The first-order valence-corrected chi connectivity index (χ1v) is 11.2. The van der Waals surface area contributed by atoms with E-state index in [1.807, 2.05) is 0 Å². The van der Waals surface area contributed by atoms with E-state index >= 15 is 0 Å². The van der Waals surface area contributed by atoms with Crippen molar-refractivity contribution in [2.24, 2.45) is 0 Å². The minimum atomic E-state index is -4.43. The molecule has 0 saturated heterocycles. The first kappa shape index (κ1) is 15.6. The zero-order chi connectivity index (χ0) is 12.2. The summed E-state index contributed by atoms with van der Waals surface area (Å²) in [5.74, 6) is 0. The average Bonchev–Trinajstić information content (AvgIpc) is 2.15. The molecular formula is C8H4BrCl2F3Zn. The van der Waals surface area contributed by atoms with Crippen molar-refractivity contribution in [3.63, 3.8) is 0 Å². The van der Waals surface area contributed by atoms with Gasteiger partial charge in [-0.3, -0.25) is 0 Å². The van der Waals surface area contributed by atoms with Crippen LogP contribution in [0.2, 0.25) is 10.0 Å². The van der Waals surface area contributed by atoms with Crippen LogP contribution in [0.25, 0.3) is 0 Å². The third-order valence-corrected chi connectivity index (χ3v) is 2.14. The summed E-state index contributed by atoms with van der Waals surface area (Å²) in [6.07, 6.45) is -4.43. The van der Waals surface area contributed by atoms with Gasteiger partial charge in [0.05, 0.1) is 0 Å². The molecule has 0 aromatic heterocycles. The Hall–Kier alpha value is 0.563. The topological polar surface area (TPSA) is 0 Å². The molecule has 7 heteroatoms. The van der Waals surface area contributed by atoms with E-state index in [9.17, 15) is 13.2 Å². The van der Waals surface area contributed by atoms with Crippen LogP contribution < -0.4 is 0 Å². The fourth-order valence-corrected chi connectivity index (χ4v) is 1.25. The molecule has 0 aliphatic heterocycles. The molecule has 0 amide bonds. The zero-order valence-corrected chi connectivity index (χ0v) is 13.4. The van der Waals surface area contributed by atoms with Crippen molar-refractivity contribution in [3.05, 3.63) is 40.2 Å². The third-order valence-electron chi connectivity index (χ3n) is 1.47. The van der Waals surface area contributed by atoms with E-state index in [2.05, 4.69) is 20.5 Å². The van der Waals surface area contributed by atoms with Gasteiger partial charge in [0.15, 0.2) is 0 Å². The maximum atomic E-state index is 12.1. The van der Waals surface area contributed by atoms with Gasteiger partial charge in [-0.25, -0.2) is 0 Å². The first-order valence-electron chi connectivity index (χ1n) is 3.47. The van der Waals surface area contributed by atoms with E-state index in [4.69, 9.17) is 23.2 Å². The number of halogens is 6. The van der Waals surface area contributed by atoms with Crippen molar-refractivity contribution in [3.8, 4) is 0 Å². The van der Waals surface area contributed by atoms with Crippen molar-refractivity contribution in [2.75, 3.05) is 0 Å². The average molecular weight is 373 g/mol. The molecular weight excluding hydrogens is 369 g/mol. The number of hydrogen-bond donors (Lipinski definition) is 0. The van der Waals surface area contributed by atoms with E-state index in [0.29, 0.717) is 0 Å². The molecule has 0 fully saturated rings. The Bertz CT molecular complexity index is 318. The molecule has 15 heavy (non-hydrogen) atoms. The van der Waals surface area contributed by atoms with Crippen LogP contribution >= 0.6 is 36.8 Å². The minimum absolute atomic E-state index is 0.0835. The Morgan fingerprint density at radius 2 is 1.47 bits per heavy atom. The van der Waals surface area contributed by atoms with E-state index in [-0.39, 0.29) is 15.6 Å². The SMILES string of the molecule is [CH2-]c1c(Cl)cc(C(F)(F)F)cc1Cl.[Zn+][Br]. The van der Waals surface area contributed by atoms with Crippen LogP contribution in [0.3, 0.4) is 0 Å². The molecule has 0 N–H and O–H groups in total. The molecule has 0 spiro atoms. The van der Waals surface area contributed by atoms with Crippen LogP contribution in [0.4, 0.5) is 13.2 Å². The number of benzene rings is 1. The van der Waals surface area contributed by atoms with Crippen molar-refractivity contribution in [1.29, 1.82) is 0 Å². The summed E-state index contributed by atoms with van der Waals surface area (Å²) in [5.41, 5.74) is -0.661. The summed E-state index contributed by atoms with van der Waals surface area (Å²) in [6, 6.07) is 1.60. The van der Waals surface area contributed by atoms with Gasteiger partial charge in [0.1, 0.15) is 0 Å². The zero-order valence-electron chi connectivity index (χ0n) is 7.34. The fraction of sp³-hybridized carbons (Fsp3) is 0.125. The van der Waals surface area contributed by atoms with Crippen LogP contribution in [0.1, 0.15) is 11.1 Å².